The molecular weight excluding hydrogens is 387 g/mol. The second-order valence-corrected chi connectivity index (χ2v) is 6.26. The Labute approximate surface area is 171 Å². The number of aromatic nitrogens is 2. The van der Waals surface area contributed by atoms with E-state index < -0.39 is 5.82 Å². The van der Waals surface area contributed by atoms with Gasteiger partial charge in [-0.2, -0.15) is 4.98 Å². The Morgan fingerprint density at radius 1 is 0.833 bits per heavy atom. The quantitative estimate of drug-likeness (QED) is 0.346. The highest BCUT2D eigenvalue weighted by Gasteiger charge is 2.12. The number of rotatable bonds is 6. The van der Waals surface area contributed by atoms with E-state index in [0.717, 1.165) is 6.20 Å². The van der Waals surface area contributed by atoms with Gasteiger partial charge in [-0.15, -0.1) is 0 Å². The highest BCUT2D eigenvalue weighted by atomic mass is 19.1. The number of anilines is 4. The van der Waals surface area contributed by atoms with Gasteiger partial charge in [-0.1, -0.05) is 30.3 Å². The van der Waals surface area contributed by atoms with Crippen LogP contribution < -0.4 is 15.4 Å². The van der Waals surface area contributed by atoms with Crippen LogP contribution in [0.2, 0.25) is 0 Å². The van der Waals surface area contributed by atoms with Crippen LogP contribution >= 0.6 is 0 Å². The molecule has 3 aromatic carbocycles. The van der Waals surface area contributed by atoms with E-state index in [0.29, 0.717) is 17.1 Å². The molecule has 4 N–H and O–H groups in total. The van der Waals surface area contributed by atoms with Crippen molar-refractivity contribution in [1.82, 2.24) is 9.97 Å². The Hall–Kier alpha value is -4.33. The minimum Gasteiger partial charge on any atom is -0.508 e. The van der Waals surface area contributed by atoms with E-state index in [4.69, 9.17) is 4.74 Å². The summed E-state index contributed by atoms with van der Waals surface area (Å²) in [7, 11) is 0. The molecule has 1 aromatic heterocycles. The lowest BCUT2D eigenvalue weighted by Gasteiger charge is -2.14. The molecule has 0 aliphatic heterocycles. The number of hydrogen-bond donors (Lipinski definition) is 4. The third-order valence-electron chi connectivity index (χ3n) is 4.07. The highest BCUT2D eigenvalue weighted by Crippen LogP contribution is 2.35. The van der Waals surface area contributed by atoms with Gasteiger partial charge in [-0.25, -0.2) is 9.37 Å². The number of halogens is 1. The van der Waals surface area contributed by atoms with Crippen molar-refractivity contribution in [3.8, 4) is 23.0 Å². The van der Waals surface area contributed by atoms with Gasteiger partial charge in [0.05, 0.1) is 11.9 Å². The van der Waals surface area contributed by atoms with E-state index in [-0.39, 0.29) is 29.0 Å². The number of phenols is 2. The Bertz CT molecular complexity index is 1190. The van der Waals surface area contributed by atoms with Gasteiger partial charge >= 0.3 is 0 Å². The first-order valence-electron chi connectivity index (χ1n) is 8.99. The predicted molar refractivity (Wildman–Crippen MR) is 111 cm³/mol. The van der Waals surface area contributed by atoms with Crippen LogP contribution in [-0.4, -0.2) is 20.2 Å². The summed E-state index contributed by atoms with van der Waals surface area (Å²) in [4.78, 5) is 8.13. The number of nitrogens with zero attached hydrogens (tertiary/aromatic N) is 2. The standard InChI is InChI=1S/C22H17FN4O3/c23-16-13-24-22(27-21(16)25-14-6-5-7-15(28)12-14)26-17-8-1-3-10-19(17)30-20-11-4-2-9-18(20)29/h1-13,28-29H,(H2,24,25,26,27). The Morgan fingerprint density at radius 3 is 2.40 bits per heavy atom. The zero-order valence-electron chi connectivity index (χ0n) is 15.6. The number of benzene rings is 3. The van der Waals surface area contributed by atoms with Crippen molar-refractivity contribution in [1.29, 1.82) is 0 Å². The highest BCUT2D eigenvalue weighted by molar-refractivity contribution is 5.65. The summed E-state index contributed by atoms with van der Waals surface area (Å²) in [5, 5.41) is 25.3. The monoisotopic (exact) mass is 404 g/mol. The molecule has 4 rings (SSSR count). The predicted octanol–water partition coefficient (Wildman–Crippen LogP) is 5.31. The number of phenolic OH excluding ortho intramolecular Hbond substituents is 2. The molecule has 0 radical (unpaired) electrons. The summed E-state index contributed by atoms with van der Waals surface area (Å²) in [6, 6.07) is 19.9. The molecule has 8 heteroatoms. The third-order valence-corrected chi connectivity index (χ3v) is 4.07. The molecule has 0 fully saturated rings. The van der Waals surface area contributed by atoms with Gasteiger partial charge in [0.1, 0.15) is 5.75 Å². The molecule has 7 nitrogen and oxygen atoms in total. The van der Waals surface area contributed by atoms with Crippen molar-refractivity contribution in [2.75, 3.05) is 10.6 Å². The Morgan fingerprint density at radius 2 is 1.60 bits per heavy atom. The largest absolute Gasteiger partial charge is 0.508 e. The summed E-state index contributed by atoms with van der Waals surface area (Å²) >= 11 is 0. The molecule has 0 spiro atoms. The second-order valence-electron chi connectivity index (χ2n) is 6.26. The van der Waals surface area contributed by atoms with Gasteiger partial charge in [-0.3, -0.25) is 0 Å². The van der Waals surface area contributed by atoms with Crippen molar-refractivity contribution >= 4 is 23.1 Å². The molecule has 0 aliphatic rings. The lowest BCUT2D eigenvalue weighted by atomic mass is 10.3. The summed E-state index contributed by atoms with van der Waals surface area (Å²) in [6.07, 6.45) is 1.03. The molecule has 0 aliphatic carbocycles. The normalized spacial score (nSPS) is 10.4. The van der Waals surface area contributed by atoms with Gasteiger partial charge in [0.25, 0.3) is 0 Å². The van der Waals surface area contributed by atoms with E-state index in [1.165, 1.54) is 18.2 Å². The summed E-state index contributed by atoms with van der Waals surface area (Å²) in [5.74, 6) is 0.186. The summed E-state index contributed by atoms with van der Waals surface area (Å²) < 4.78 is 20.0. The third kappa shape index (κ3) is 4.39. The van der Waals surface area contributed by atoms with Crippen LogP contribution in [0.15, 0.2) is 79.0 Å². The van der Waals surface area contributed by atoms with Crippen molar-refractivity contribution in [3.63, 3.8) is 0 Å². The van der Waals surface area contributed by atoms with Crippen LogP contribution in [-0.2, 0) is 0 Å². The number of ether oxygens (including phenoxy) is 1. The maximum atomic E-state index is 14.2. The minimum absolute atomic E-state index is 0.00272. The maximum Gasteiger partial charge on any atom is 0.229 e. The molecule has 0 amide bonds. The number of para-hydroxylation sites is 4. The van der Waals surface area contributed by atoms with Gasteiger partial charge in [0, 0.05) is 11.8 Å². The lowest BCUT2D eigenvalue weighted by molar-refractivity contribution is 0.412. The molecule has 4 aromatic rings. The van der Waals surface area contributed by atoms with Gasteiger partial charge in [-0.05, 0) is 36.4 Å². The van der Waals surface area contributed by atoms with E-state index >= 15 is 0 Å². The fraction of sp³-hybridized carbons (Fsp3) is 0. The van der Waals surface area contributed by atoms with Crippen LogP contribution in [0.3, 0.4) is 0 Å². The first-order chi connectivity index (χ1) is 14.6. The molecule has 1 heterocycles. The number of aromatic hydroxyl groups is 2. The molecule has 0 bridgehead atoms. The van der Waals surface area contributed by atoms with Crippen LogP contribution in [0, 0.1) is 5.82 Å². The van der Waals surface area contributed by atoms with Crippen LogP contribution in [0.4, 0.5) is 27.5 Å². The first-order valence-corrected chi connectivity index (χ1v) is 8.99. The molecule has 0 saturated carbocycles. The lowest BCUT2D eigenvalue weighted by Crippen LogP contribution is -2.04. The Kier molecular flexibility index (Phi) is 5.29. The second kappa shape index (κ2) is 8.36. The van der Waals surface area contributed by atoms with Crippen LogP contribution in [0.5, 0.6) is 23.0 Å². The minimum atomic E-state index is -0.650. The van der Waals surface area contributed by atoms with Gasteiger partial charge in [0.15, 0.2) is 28.9 Å². The zero-order chi connectivity index (χ0) is 20.9. The van der Waals surface area contributed by atoms with Gasteiger partial charge < -0.3 is 25.6 Å². The maximum absolute atomic E-state index is 14.2. The summed E-state index contributed by atoms with van der Waals surface area (Å²) in [6.45, 7) is 0. The fourth-order valence-corrected chi connectivity index (χ4v) is 2.68. The summed E-state index contributed by atoms with van der Waals surface area (Å²) in [5.41, 5.74) is 0.998. The number of nitrogens with one attached hydrogen (secondary N) is 2. The Balaban J connectivity index is 1.58. The van der Waals surface area contributed by atoms with Crippen molar-refractivity contribution in [3.05, 3.63) is 84.8 Å². The topological polar surface area (TPSA) is 99.5 Å². The number of hydrogen-bond acceptors (Lipinski definition) is 7. The molecule has 0 unspecified atom stereocenters. The van der Waals surface area contributed by atoms with Gasteiger partial charge in [0.2, 0.25) is 5.95 Å². The average molecular weight is 404 g/mol. The van der Waals surface area contributed by atoms with Crippen LogP contribution in [0.25, 0.3) is 0 Å². The molecule has 150 valence electrons. The average Bonchev–Trinajstić information content (AvgIpc) is 2.73. The smallest absolute Gasteiger partial charge is 0.229 e. The fourth-order valence-electron chi connectivity index (χ4n) is 2.68. The molecule has 0 saturated heterocycles. The SMILES string of the molecule is Oc1cccc(Nc2nc(Nc3ccccc3Oc3ccccc3O)ncc2F)c1. The first kappa shape index (κ1) is 19.0. The van der Waals surface area contributed by atoms with Crippen LogP contribution in [0.1, 0.15) is 0 Å². The van der Waals surface area contributed by atoms with E-state index in [1.54, 1.807) is 54.6 Å². The molecule has 0 atom stereocenters. The molecular formula is C22H17FN4O3. The van der Waals surface area contributed by atoms with Crippen molar-refractivity contribution in [2.24, 2.45) is 0 Å². The van der Waals surface area contributed by atoms with E-state index in [9.17, 15) is 14.6 Å². The van der Waals surface area contributed by atoms with Crippen molar-refractivity contribution < 1.29 is 19.3 Å². The van der Waals surface area contributed by atoms with E-state index in [2.05, 4.69) is 20.6 Å². The zero-order valence-corrected chi connectivity index (χ0v) is 15.6. The van der Waals surface area contributed by atoms with E-state index in [1.807, 2.05) is 0 Å². The molecule has 30 heavy (non-hydrogen) atoms. The van der Waals surface area contributed by atoms with Crippen molar-refractivity contribution in [2.45, 2.75) is 0 Å².